The summed E-state index contributed by atoms with van der Waals surface area (Å²) < 4.78 is 0. The fraction of sp³-hybridized carbons (Fsp3) is 0.286. The van der Waals surface area contributed by atoms with Crippen LogP contribution in [-0.4, -0.2) is 0 Å². The van der Waals surface area contributed by atoms with Gasteiger partial charge in [0.15, 0.2) is 0 Å². The average molecular weight is 399 g/mol. The second-order valence-electron chi connectivity index (χ2n) is 8.85. The Morgan fingerprint density at radius 2 is 0.966 bits per heavy atom. The highest BCUT2D eigenvalue weighted by Gasteiger charge is 2.16. The minimum Gasteiger partial charge on any atom is -0.0882 e. The van der Waals surface area contributed by atoms with E-state index in [1.165, 1.54) is 42.5 Å². The van der Waals surface area contributed by atoms with Crippen molar-refractivity contribution >= 4 is 33.3 Å². The second-order valence-corrected chi connectivity index (χ2v) is 9.87. The van der Waals surface area contributed by atoms with Gasteiger partial charge in [-0.15, -0.1) is 0 Å². The molecule has 0 N–H and O–H groups in total. The maximum absolute atomic E-state index is 2.35. The molecule has 0 nitrogen and oxygen atoms in total. The molecule has 29 heavy (non-hydrogen) atoms. The summed E-state index contributed by atoms with van der Waals surface area (Å²) >= 11 is 1.98. The summed E-state index contributed by atoms with van der Waals surface area (Å²) in [7, 11) is 0. The first-order valence-electron chi connectivity index (χ1n) is 10.7. The van der Waals surface area contributed by atoms with Gasteiger partial charge in [-0.05, 0) is 57.3 Å². The number of fused-ring (bicyclic) bond motifs is 2. The van der Waals surface area contributed by atoms with Gasteiger partial charge in [-0.25, -0.2) is 0 Å². The van der Waals surface area contributed by atoms with Crippen molar-refractivity contribution in [3.05, 3.63) is 83.9 Å². The molecule has 0 aliphatic rings. The molecule has 0 saturated heterocycles. The van der Waals surface area contributed by atoms with E-state index in [9.17, 15) is 0 Å². The Labute approximate surface area is 179 Å². The lowest BCUT2D eigenvalue weighted by Crippen LogP contribution is -1.99. The maximum atomic E-state index is 2.35. The zero-order valence-corrected chi connectivity index (χ0v) is 18.7. The van der Waals surface area contributed by atoms with Gasteiger partial charge in [0, 0.05) is 9.79 Å². The van der Waals surface area contributed by atoms with Crippen LogP contribution >= 0.6 is 11.8 Å². The molecule has 0 heterocycles. The van der Waals surface area contributed by atoms with E-state index >= 15 is 0 Å². The first kappa shape index (κ1) is 20.0. The van der Waals surface area contributed by atoms with E-state index in [1.54, 1.807) is 0 Å². The van der Waals surface area contributed by atoms with E-state index < -0.39 is 0 Å². The van der Waals surface area contributed by atoms with Gasteiger partial charge in [0.05, 0.1) is 0 Å². The standard InChI is InChI=1S/C28H30S/c1-19(2)17-23-15-13-21-9-5-7-11-25(21)27(23)29-28-24(18-20(3)4)16-14-22-10-6-8-12-26(22)28/h5-16,19-20H,17-18H2,1-4H3. The Kier molecular flexibility index (Phi) is 5.96. The fourth-order valence-electron chi connectivity index (χ4n) is 4.12. The van der Waals surface area contributed by atoms with E-state index in [2.05, 4.69) is 100 Å². The normalized spacial score (nSPS) is 11.8. The van der Waals surface area contributed by atoms with Crippen LogP contribution in [0.15, 0.2) is 82.6 Å². The molecule has 4 aromatic rings. The van der Waals surface area contributed by atoms with Crippen LogP contribution in [0.3, 0.4) is 0 Å². The molecule has 0 saturated carbocycles. The molecule has 0 aliphatic carbocycles. The Morgan fingerprint density at radius 1 is 0.552 bits per heavy atom. The van der Waals surface area contributed by atoms with Gasteiger partial charge in [0.2, 0.25) is 0 Å². The summed E-state index contributed by atoms with van der Waals surface area (Å²) in [5, 5.41) is 5.40. The Bertz CT molecular complexity index is 1050. The van der Waals surface area contributed by atoms with E-state index in [-0.39, 0.29) is 0 Å². The van der Waals surface area contributed by atoms with Crippen LogP contribution in [0.2, 0.25) is 0 Å². The van der Waals surface area contributed by atoms with Gasteiger partial charge in [0.25, 0.3) is 0 Å². The lowest BCUT2D eigenvalue weighted by Gasteiger charge is -2.19. The minimum atomic E-state index is 0.637. The van der Waals surface area contributed by atoms with E-state index in [4.69, 9.17) is 0 Å². The summed E-state index contributed by atoms with van der Waals surface area (Å²) in [5.74, 6) is 1.27. The van der Waals surface area contributed by atoms with Gasteiger partial charge in [-0.1, -0.05) is 112 Å². The lowest BCUT2D eigenvalue weighted by molar-refractivity contribution is 0.640. The lowest BCUT2D eigenvalue weighted by atomic mass is 9.99. The highest BCUT2D eigenvalue weighted by molar-refractivity contribution is 8.00. The Balaban J connectivity index is 1.93. The van der Waals surface area contributed by atoms with Crippen LogP contribution in [0.1, 0.15) is 38.8 Å². The predicted molar refractivity (Wildman–Crippen MR) is 129 cm³/mol. The number of hydrogen-bond donors (Lipinski definition) is 0. The molecule has 0 unspecified atom stereocenters. The first-order chi connectivity index (χ1) is 14.0. The fourth-order valence-corrected chi connectivity index (χ4v) is 5.48. The zero-order valence-electron chi connectivity index (χ0n) is 17.9. The van der Waals surface area contributed by atoms with Crippen molar-refractivity contribution < 1.29 is 0 Å². The molecule has 0 spiro atoms. The second kappa shape index (κ2) is 8.63. The van der Waals surface area contributed by atoms with Gasteiger partial charge in [-0.3, -0.25) is 0 Å². The third-order valence-corrected chi connectivity index (χ3v) is 6.76. The molecule has 4 aromatic carbocycles. The van der Waals surface area contributed by atoms with Crippen LogP contribution in [0.5, 0.6) is 0 Å². The van der Waals surface area contributed by atoms with E-state index in [0.717, 1.165) is 12.8 Å². The molecular weight excluding hydrogens is 368 g/mol. The van der Waals surface area contributed by atoms with Gasteiger partial charge in [0.1, 0.15) is 0 Å². The highest BCUT2D eigenvalue weighted by atomic mass is 32.2. The van der Waals surface area contributed by atoms with Gasteiger partial charge < -0.3 is 0 Å². The number of hydrogen-bond acceptors (Lipinski definition) is 1. The summed E-state index contributed by atoms with van der Waals surface area (Å²) in [4.78, 5) is 2.86. The summed E-state index contributed by atoms with van der Waals surface area (Å²) in [6.45, 7) is 9.25. The van der Waals surface area contributed by atoms with Crippen molar-refractivity contribution in [3.8, 4) is 0 Å². The third-order valence-electron chi connectivity index (χ3n) is 5.38. The average Bonchev–Trinajstić information content (AvgIpc) is 2.70. The monoisotopic (exact) mass is 398 g/mol. The SMILES string of the molecule is CC(C)Cc1ccc2ccccc2c1Sc1c(CC(C)C)ccc2ccccc12. The van der Waals surface area contributed by atoms with Crippen molar-refractivity contribution in [1.82, 2.24) is 0 Å². The molecule has 148 valence electrons. The zero-order chi connectivity index (χ0) is 20.4. The minimum absolute atomic E-state index is 0.637. The molecule has 0 aliphatic heterocycles. The Morgan fingerprint density at radius 3 is 1.38 bits per heavy atom. The smallest absolute Gasteiger partial charge is 0.0233 e. The summed E-state index contributed by atoms with van der Waals surface area (Å²) in [5.41, 5.74) is 2.93. The number of rotatable bonds is 6. The highest BCUT2D eigenvalue weighted by Crippen LogP contribution is 2.42. The van der Waals surface area contributed by atoms with Crippen LogP contribution < -0.4 is 0 Å². The quantitative estimate of drug-likeness (QED) is 0.313. The molecule has 1 heteroatoms. The van der Waals surface area contributed by atoms with Crippen molar-refractivity contribution in [1.29, 1.82) is 0 Å². The topological polar surface area (TPSA) is 0 Å². The summed E-state index contributed by atoms with van der Waals surface area (Å²) in [6.07, 6.45) is 2.22. The van der Waals surface area contributed by atoms with E-state index in [0.29, 0.717) is 11.8 Å². The maximum Gasteiger partial charge on any atom is 0.0233 e. The van der Waals surface area contributed by atoms with Crippen molar-refractivity contribution in [2.45, 2.75) is 50.3 Å². The van der Waals surface area contributed by atoms with Crippen molar-refractivity contribution in [3.63, 3.8) is 0 Å². The van der Waals surface area contributed by atoms with E-state index in [1.807, 2.05) is 11.8 Å². The largest absolute Gasteiger partial charge is 0.0882 e. The van der Waals surface area contributed by atoms with Crippen molar-refractivity contribution in [2.75, 3.05) is 0 Å². The molecule has 0 amide bonds. The van der Waals surface area contributed by atoms with Gasteiger partial charge in [-0.2, -0.15) is 0 Å². The summed E-state index contributed by atoms with van der Waals surface area (Å²) in [6, 6.07) is 26.9. The molecule has 0 atom stereocenters. The molecule has 4 rings (SSSR count). The molecule has 0 bridgehead atoms. The van der Waals surface area contributed by atoms with Gasteiger partial charge >= 0.3 is 0 Å². The van der Waals surface area contributed by atoms with Crippen LogP contribution in [0, 0.1) is 11.8 Å². The van der Waals surface area contributed by atoms with Crippen molar-refractivity contribution in [2.24, 2.45) is 11.8 Å². The number of benzene rings is 4. The molecule has 0 radical (unpaired) electrons. The van der Waals surface area contributed by atoms with Crippen LogP contribution in [-0.2, 0) is 12.8 Å². The molecular formula is C28H30S. The predicted octanol–water partition coefficient (Wildman–Crippen LogP) is 8.54. The first-order valence-corrected chi connectivity index (χ1v) is 11.5. The molecule has 0 aromatic heterocycles. The van der Waals surface area contributed by atoms with Crippen LogP contribution in [0.4, 0.5) is 0 Å². The van der Waals surface area contributed by atoms with Crippen LogP contribution in [0.25, 0.3) is 21.5 Å². The molecule has 0 fully saturated rings. The third kappa shape index (κ3) is 4.36. The Hall–Kier alpha value is -2.25.